The minimum atomic E-state index is -3.48. The van der Waals surface area contributed by atoms with Crippen molar-refractivity contribution in [3.05, 3.63) is 27.3 Å². The Bertz CT molecular complexity index is 445. The van der Waals surface area contributed by atoms with Crippen molar-refractivity contribution in [3.8, 4) is 0 Å². The van der Waals surface area contributed by atoms with Crippen LogP contribution in [0.3, 0.4) is 0 Å². The maximum absolute atomic E-state index is 11.6. The Morgan fingerprint density at radius 1 is 1.47 bits per heavy atom. The Morgan fingerprint density at radius 2 is 2.13 bits per heavy atom. The van der Waals surface area contributed by atoms with Gasteiger partial charge in [0, 0.05) is 10.1 Å². The zero-order valence-electron chi connectivity index (χ0n) is 8.20. The van der Waals surface area contributed by atoms with Crippen LogP contribution in [-0.2, 0) is 10.0 Å². The summed E-state index contributed by atoms with van der Waals surface area (Å²) in [6, 6.07) is 4.92. The number of aryl methyl sites for hydroxylation is 1. The molecule has 0 heterocycles. The smallest absolute Gasteiger partial charge is 0.240 e. The van der Waals surface area contributed by atoms with Crippen LogP contribution >= 0.6 is 22.6 Å². The molecule has 84 valence electrons. The molecule has 0 aliphatic heterocycles. The fourth-order valence-electron chi connectivity index (χ4n) is 1.05. The van der Waals surface area contributed by atoms with E-state index in [-0.39, 0.29) is 18.0 Å². The number of benzene rings is 1. The molecular formula is C9H12INO3S. The van der Waals surface area contributed by atoms with Crippen LogP contribution in [0.4, 0.5) is 0 Å². The normalized spacial score (nSPS) is 11.7. The van der Waals surface area contributed by atoms with Crippen molar-refractivity contribution < 1.29 is 13.5 Å². The topological polar surface area (TPSA) is 66.4 Å². The molecule has 1 aromatic rings. The van der Waals surface area contributed by atoms with E-state index in [0.29, 0.717) is 0 Å². The third kappa shape index (κ3) is 3.40. The number of sulfonamides is 1. The highest BCUT2D eigenvalue weighted by atomic mass is 127. The van der Waals surface area contributed by atoms with Crippen LogP contribution in [0.25, 0.3) is 0 Å². The third-order valence-corrected chi connectivity index (χ3v) is 4.51. The van der Waals surface area contributed by atoms with Gasteiger partial charge in [-0.1, -0.05) is 0 Å². The van der Waals surface area contributed by atoms with E-state index in [1.165, 1.54) is 0 Å². The molecule has 1 rings (SSSR count). The van der Waals surface area contributed by atoms with Gasteiger partial charge in [0.1, 0.15) is 0 Å². The minimum absolute atomic E-state index is 0.0351. The highest BCUT2D eigenvalue weighted by Crippen LogP contribution is 2.16. The summed E-state index contributed by atoms with van der Waals surface area (Å²) < 4.78 is 26.6. The monoisotopic (exact) mass is 341 g/mol. The number of aliphatic hydroxyl groups is 1. The second kappa shape index (κ2) is 5.24. The van der Waals surface area contributed by atoms with Gasteiger partial charge in [-0.3, -0.25) is 0 Å². The maximum Gasteiger partial charge on any atom is 0.240 e. The van der Waals surface area contributed by atoms with Gasteiger partial charge >= 0.3 is 0 Å². The van der Waals surface area contributed by atoms with E-state index in [1.807, 2.05) is 6.92 Å². The van der Waals surface area contributed by atoms with E-state index in [0.717, 1.165) is 9.13 Å². The summed E-state index contributed by atoms with van der Waals surface area (Å²) in [6.07, 6.45) is 0. The number of nitrogens with one attached hydrogen (secondary N) is 1. The lowest BCUT2D eigenvalue weighted by atomic mass is 10.2. The molecule has 15 heavy (non-hydrogen) atoms. The van der Waals surface area contributed by atoms with E-state index in [4.69, 9.17) is 5.11 Å². The number of hydrogen-bond donors (Lipinski definition) is 2. The Morgan fingerprint density at radius 3 is 2.67 bits per heavy atom. The van der Waals surface area contributed by atoms with Crippen molar-refractivity contribution in [1.82, 2.24) is 4.72 Å². The Kier molecular flexibility index (Phi) is 4.50. The van der Waals surface area contributed by atoms with E-state index in [9.17, 15) is 8.42 Å². The summed E-state index contributed by atoms with van der Waals surface area (Å²) in [5.74, 6) is 0. The largest absolute Gasteiger partial charge is 0.395 e. The summed E-state index contributed by atoms with van der Waals surface area (Å²) >= 11 is 2.14. The van der Waals surface area contributed by atoms with Crippen LogP contribution in [-0.4, -0.2) is 26.7 Å². The number of hydrogen-bond acceptors (Lipinski definition) is 3. The van der Waals surface area contributed by atoms with Crippen molar-refractivity contribution in [3.63, 3.8) is 0 Å². The van der Waals surface area contributed by atoms with Crippen LogP contribution in [0, 0.1) is 10.5 Å². The minimum Gasteiger partial charge on any atom is -0.395 e. The molecule has 0 aliphatic carbocycles. The second-order valence-corrected chi connectivity index (χ2v) is 5.96. The molecule has 0 aliphatic rings. The Labute approximate surface area is 103 Å². The van der Waals surface area contributed by atoms with Crippen LogP contribution < -0.4 is 4.72 Å². The van der Waals surface area contributed by atoms with Crippen LogP contribution in [0.15, 0.2) is 23.1 Å². The number of halogens is 1. The predicted molar refractivity (Wildman–Crippen MR) is 66.2 cm³/mol. The fourth-order valence-corrected chi connectivity index (χ4v) is 2.49. The SMILES string of the molecule is Cc1cc(S(=O)(=O)NCCO)ccc1I. The summed E-state index contributed by atoms with van der Waals surface area (Å²) in [5.41, 5.74) is 0.919. The molecule has 0 bridgehead atoms. The first-order valence-electron chi connectivity index (χ1n) is 4.34. The summed E-state index contributed by atoms with van der Waals surface area (Å²) in [4.78, 5) is 0.230. The zero-order valence-corrected chi connectivity index (χ0v) is 11.2. The molecule has 0 radical (unpaired) electrons. The molecule has 1 aromatic carbocycles. The van der Waals surface area contributed by atoms with Crippen molar-refractivity contribution in [1.29, 1.82) is 0 Å². The molecular weight excluding hydrogens is 329 g/mol. The summed E-state index contributed by atoms with van der Waals surface area (Å²) in [5, 5.41) is 8.55. The lowest BCUT2D eigenvalue weighted by Gasteiger charge is -2.06. The first kappa shape index (κ1) is 12.9. The van der Waals surface area contributed by atoms with Gasteiger partial charge in [0.05, 0.1) is 11.5 Å². The van der Waals surface area contributed by atoms with Crippen molar-refractivity contribution in [2.75, 3.05) is 13.2 Å². The quantitative estimate of drug-likeness (QED) is 0.799. The van der Waals surface area contributed by atoms with E-state index < -0.39 is 10.0 Å². The molecule has 0 saturated carbocycles. The second-order valence-electron chi connectivity index (χ2n) is 3.03. The first-order valence-corrected chi connectivity index (χ1v) is 6.90. The van der Waals surface area contributed by atoms with E-state index >= 15 is 0 Å². The molecule has 0 fully saturated rings. The molecule has 0 saturated heterocycles. The van der Waals surface area contributed by atoms with E-state index in [2.05, 4.69) is 27.3 Å². The lowest BCUT2D eigenvalue weighted by molar-refractivity contribution is 0.301. The molecule has 2 N–H and O–H groups in total. The third-order valence-electron chi connectivity index (χ3n) is 1.84. The highest BCUT2D eigenvalue weighted by molar-refractivity contribution is 14.1. The molecule has 0 aromatic heterocycles. The van der Waals surface area contributed by atoms with Gasteiger partial charge in [-0.25, -0.2) is 13.1 Å². The predicted octanol–water partition coefficient (Wildman–Crippen LogP) is 0.870. The van der Waals surface area contributed by atoms with Crippen molar-refractivity contribution in [2.45, 2.75) is 11.8 Å². The van der Waals surface area contributed by atoms with Gasteiger partial charge in [-0.15, -0.1) is 0 Å². The van der Waals surface area contributed by atoms with Crippen LogP contribution in [0.2, 0.25) is 0 Å². The van der Waals surface area contributed by atoms with Gasteiger partial charge in [0.15, 0.2) is 0 Å². The standard InChI is InChI=1S/C9H12INO3S/c1-7-6-8(2-3-9(7)10)15(13,14)11-4-5-12/h2-3,6,11-12H,4-5H2,1H3. The van der Waals surface area contributed by atoms with Gasteiger partial charge in [-0.2, -0.15) is 0 Å². The van der Waals surface area contributed by atoms with Gasteiger partial charge in [0.25, 0.3) is 0 Å². The van der Waals surface area contributed by atoms with Crippen LogP contribution in [0.1, 0.15) is 5.56 Å². The highest BCUT2D eigenvalue weighted by Gasteiger charge is 2.13. The molecule has 0 atom stereocenters. The molecule has 6 heteroatoms. The zero-order chi connectivity index (χ0) is 11.5. The molecule has 0 amide bonds. The van der Waals surface area contributed by atoms with E-state index in [1.54, 1.807) is 18.2 Å². The Balaban J connectivity index is 3.00. The molecule has 0 spiro atoms. The average molecular weight is 341 g/mol. The first-order chi connectivity index (χ1) is 6.97. The molecule has 0 unspecified atom stereocenters. The fraction of sp³-hybridized carbons (Fsp3) is 0.333. The lowest BCUT2D eigenvalue weighted by Crippen LogP contribution is -2.26. The van der Waals surface area contributed by atoms with Crippen molar-refractivity contribution in [2.24, 2.45) is 0 Å². The number of rotatable bonds is 4. The number of aliphatic hydroxyl groups excluding tert-OH is 1. The van der Waals surface area contributed by atoms with Gasteiger partial charge in [0.2, 0.25) is 10.0 Å². The van der Waals surface area contributed by atoms with Crippen LogP contribution in [0.5, 0.6) is 0 Å². The average Bonchev–Trinajstić information content (AvgIpc) is 2.19. The maximum atomic E-state index is 11.6. The van der Waals surface area contributed by atoms with Gasteiger partial charge < -0.3 is 5.11 Å². The van der Waals surface area contributed by atoms with Gasteiger partial charge in [-0.05, 0) is 53.3 Å². The molecule has 4 nitrogen and oxygen atoms in total. The summed E-state index contributed by atoms with van der Waals surface area (Å²) in [6.45, 7) is 1.68. The summed E-state index contributed by atoms with van der Waals surface area (Å²) in [7, 11) is -3.48. The Hall–Kier alpha value is -0.180. The van der Waals surface area contributed by atoms with Crippen molar-refractivity contribution >= 4 is 32.6 Å².